The zero-order valence-corrected chi connectivity index (χ0v) is 36.2. The van der Waals surface area contributed by atoms with Gasteiger partial charge in [0.1, 0.15) is 38.6 Å². The van der Waals surface area contributed by atoms with Crippen molar-refractivity contribution < 1.29 is 37.3 Å². The Labute approximate surface area is 380 Å². The summed E-state index contributed by atoms with van der Waals surface area (Å²) in [6, 6.07) is 25.6. The molecule has 2 spiro atoms. The number of Topliss-reactive ketones (excluding diaryl/α,β-unsaturated/α-hetero) is 1. The highest BCUT2D eigenvalue weighted by Gasteiger charge is 2.48. The van der Waals surface area contributed by atoms with Crippen LogP contribution in [0.25, 0.3) is 0 Å². The van der Waals surface area contributed by atoms with E-state index in [0.29, 0.717) is 68.4 Å². The standard InChI is InChI=1S/C22H14BrClFN3O3.C22H15Cl2FN4O3/c23-13-6-7-16-14(10-13)22(15-11-17(24)26-19(25)18(15)31-16)8-9-30-21(28-22)27-20(29)12-4-2-1-3-5-12;23-12-2-3-15(27-10-12)16(30)8-11-1-4-17-13(7-11)22(5-6-31-21(26)29-22)14-9-18(24)28-20(25)19(14)32-17/h1-7,10-11H,8-9H2,(H,27,28,29);1-4,7,9-10H,5-6,8H2,(H2,26,29)/t2*22-/m00/s1. The Balaban J connectivity index is 0.000000160. The van der Waals surface area contributed by atoms with Crippen molar-refractivity contribution in [2.75, 3.05) is 13.2 Å². The molecule has 318 valence electrons. The Morgan fingerprint density at radius 3 is 2.00 bits per heavy atom. The number of amides is 1. The lowest BCUT2D eigenvalue weighted by molar-refractivity contribution is 0.0956. The quantitative estimate of drug-likeness (QED) is 0.128. The average molecular weight is 976 g/mol. The van der Waals surface area contributed by atoms with Crippen LogP contribution in [0.3, 0.4) is 0 Å². The molecule has 13 nitrogen and oxygen atoms in total. The van der Waals surface area contributed by atoms with Crippen LogP contribution in [0.1, 0.15) is 61.5 Å². The molecule has 63 heavy (non-hydrogen) atoms. The van der Waals surface area contributed by atoms with Gasteiger partial charge in [0.25, 0.3) is 29.8 Å². The van der Waals surface area contributed by atoms with Crippen LogP contribution in [0.2, 0.25) is 15.3 Å². The van der Waals surface area contributed by atoms with Crippen molar-refractivity contribution in [3.05, 3.63) is 168 Å². The molecule has 10 rings (SSSR count). The molecular weight excluding hydrogens is 947 g/mol. The summed E-state index contributed by atoms with van der Waals surface area (Å²) >= 11 is 21.5. The second-order valence-corrected chi connectivity index (χ2v) is 16.6. The summed E-state index contributed by atoms with van der Waals surface area (Å²) in [6.07, 6.45) is 2.27. The second kappa shape index (κ2) is 16.8. The molecular formula is C44H29BrCl3F2N7O6. The van der Waals surface area contributed by atoms with E-state index >= 15 is 0 Å². The van der Waals surface area contributed by atoms with E-state index in [2.05, 4.69) is 41.2 Å². The Kier molecular flexibility index (Phi) is 11.2. The Morgan fingerprint density at radius 2 is 1.37 bits per heavy atom. The molecule has 6 aromatic rings. The molecule has 0 saturated heterocycles. The number of nitrogens with one attached hydrogen (secondary N) is 1. The fraction of sp³-hybridized carbons (Fsp3) is 0.159. The highest BCUT2D eigenvalue weighted by atomic mass is 79.9. The van der Waals surface area contributed by atoms with Crippen LogP contribution < -0.4 is 20.5 Å². The van der Waals surface area contributed by atoms with Gasteiger partial charge in [0.2, 0.25) is 0 Å². The number of carbonyl (C=O) groups is 2. The molecule has 0 bridgehead atoms. The highest BCUT2D eigenvalue weighted by Crippen LogP contribution is 2.55. The van der Waals surface area contributed by atoms with Crippen LogP contribution in [-0.2, 0) is 27.0 Å². The predicted octanol–water partition coefficient (Wildman–Crippen LogP) is 9.62. The number of nitrogens with zero attached hydrogens (tertiary/aromatic N) is 5. The van der Waals surface area contributed by atoms with Crippen LogP contribution in [0.4, 0.5) is 8.78 Å². The molecule has 3 aromatic heterocycles. The number of benzene rings is 3. The van der Waals surface area contributed by atoms with Gasteiger partial charge in [-0.25, -0.2) is 20.0 Å². The lowest BCUT2D eigenvalue weighted by Crippen LogP contribution is -2.42. The molecule has 3 N–H and O–H groups in total. The van der Waals surface area contributed by atoms with Gasteiger partial charge in [-0.15, -0.1) is 0 Å². The second-order valence-electron chi connectivity index (χ2n) is 14.5. The number of rotatable bonds is 4. The summed E-state index contributed by atoms with van der Waals surface area (Å²) in [6.45, 7) is 0.495. The Bertz CT molecular complexity index is 2910. The molecule has 4 aliphatic heterocycles. The number of ether oxygens (including phenoxy) is 4. The van der Waals surface area contributed by atoms with Crippen molar-refractivity contribution in [2.45, 2.75) is 30.3 Å². The van der Waals surface area contributed by atoms with Crippen LogP contribution in [0.5, 0.6) is 23.0 Å². The van der Waals surface area contributed by atoms with Crippen LogP contribution in [-0.4, -0.2) is 51.9 Å². The fourth-order valence-electron chi connectivity index (χ4n) is 7.83. The highest BCUT2D eigenvalue weighted by molar-refractivity contribution is 9.10. The normalized spacial score (nSPS) is 18.8. The van der Waals surface area contributed by atoms with Gasteiger partial charge in [-0.1, -0.05) is 75.0 Å². The first-order valence-electron chi connectivity index (χ1n) is 19.1. The molecule has 19 heteroatoms. The summed E-state index contributed by atoms with van der Waals surface area (Å²) in [5, 5.41) is 3.10. The molecule has 0 fully saturated rings. The molecule has 0 saturated carbocycles. The summed E-state index contributed by atoms with van der Waals surface area (Å²) in [5.41, 5.74) is 7.37. The van der Waals surface area contributed by atoms with Crippen molar-refractivity contribution in [1.29, 1.82) is 0 Å². The van der Waals surface area contributed by atoms with Crippen LogP contribution in [0, 0.1) is 11.9 Å². The van der Waals surface area contributed by atoms with Crippen LogP contribution in [0.15, 0.2) is 112 Å². The van der Waals surface area contributed by atoms with Gasteiger partial charge >= 0.3 is 0 Å². The van der Waals surface area contributed by atoms with E-state index in [1.165, 1.54) is 18.3 Å². The number of halogens is 6. The zero-order chi connectivity index (χ0) is 44.0. The van der Waals surface area contributed by atoms with Gasteiger partial charge in [0.15, 0.2) is 17.3 Å². The maximum Gasteiger partial charge on any atom is 0.292 e. The summed E-state index contributed by atoms with van der Waals surface area (Å²) in [4.78, 5) is 46.1. The number of nitrogens with two attached hydrogens (primary N) is 1. The number of hydrogen-bond donors (Lipinski definition) is 2. The monoisotopic (exact) mass is 973 g/mol. The number of fused-ring (bicyclic) bond motifs is 8. The largest absolute Gasteiger partial charge is 0.465 e. The average Bonchev–Trinajstić information content (AvgIpc) is 3.26. The van der Waals surface area contributed by atoms with E-state index in [9.17, 15) is 18.4 Å². The third kappa shape index (κ3) is 8.03. The number of amidine groups is 2. The minimum atomic E-state index is -1.09. The minimum Gasteiger partial charge on any atom is -0.465 e. The Hall–Kier alpha value is -6.20. The lowest BCUT2D eigenvalue weighted by atomic mass is 9.77. The number of ketones is 1. The maximum atomic E-state index is 14.7. The molecule has 0 radical (unpaired) electrons. The zero-order valence-electron chi connectivity index (χ0n) is 32.3. The molecule has 7 heterocycles. The van der Waals surface area contributed by atoms with Crippen LogP contribution >= 0.6 is 50.7 Å². The van der Waals surface area contributed by atoms with Crippen molar-refractivity contribution in [3.8, 4) is 23.0 Å². The summed E-state index contributed by atoms with van der Waals surface area (Å²) < 4.78 is 52.7. The first-order valence-corrected chi connectivity index (χ1v) is 21.0. The topological polar surface area (TPSA) is 172 Å². The number of hydrogen-bond acceptors (Lipinski definition) is 12. The minimum absolute atomic E-state index is 0.0192. The van der Waals surface area contributed by atoms with Gasteiger partial charge in [-0.05, 0) is 72.3 Å². The SMILES string of the molecule is NC1=N[C@@]2(CCO1)c1cc(CC(=O)c3ccc(Cl)cn3)ccc1Oc1c2cc(Cl)nc1F.O=C(NC1=N[C@@]2(CCO1)c1cc(Br)ccc1Oc1c2cc(Cl)nc1F)c1ccccc1. The number of aromatic nitrogens is 3. The molecule has 0 unspecified atom stereocenters. The van der Waals surface area contributed by atoms with E-state index in [1.807, 2.05) is 12.1 Å². The third-order valence-corrected chi connectivity index (χ3v) is 11.7. The maximum absolute atomic E-state index is 14.7. The molecule has 0 aliphatic carbocycles. The van der Waals surface area contributed by atoms with E-state index in [-0.39, 0.29) is 65.2 Å². The van der Waals surface area contributed by atoms with E-state index in [0.717, 1.165) is 4.47 Å². The molecule has 3 aromatic carbocycles. The van der Waals surface area contributed by atoms with E-state index in [4.69, 9.17) is 64.5 Å². The van der Waals surface area contributed by atoms with Crippen molar-refractivity contribution in [3.63, 3.8) is 0 Å². The predicted molar refractivity (Wildman–Crippen MR) is 232 cm³/mol. The van der Waals surface area contributed by atoms with Gasteiger partial charge < -0.3 is 24.7 Å². The van der Waals surface area contributed by atoms with E-state index < -0.39 is 23.0 Å². The lowest BCUT2D eigenvalue weighted by Gasteiger charge is -2.39. The number of pyridine rings is 3. The first kappa shape index (κ1) is 42.1. The Morgan fingerprint density at radius 1 is 0.746 bits per heavy atom. The van der Waals surface area contributed by atoms with Crippen molar-refractivity contribution in [1.82, 2.24) is 20.3 Å². The number of carbonyl (C=O) groups excluding carboxylic acids is 2. The van der Waals surface area contributed by atoms with Gasteiger partial charge in [-0.2, -0.15) is 8.78 Å². The molecule has 4 aliphatic rings. The van der Waals surface area contributed by atoms with E-state index in [1.54, 1.807) is 66.7 Å². The third-order valence-electron chi connectivity index (χ3n) is 10.6. The van der Waals surface area contributed by atoms with Crippen molar-refractivity contribution >= 4 is 74.5 Å². The van der Waals surface area contributed by atoms with Gasteiger partial charge in [0, 0.05) is 57.7 Å². The summed E-state index contributed by atoms with van der Waals surface area (Å²) in [5.74, 6) is -1.48. The van der Waals surface area contributed by atoms with Crippen molar-refractivity contribution in [2.24, 2.45) is 15.7 Å². The smallest absolute Gasteiger partial charge is 0.292 e. The van der Waals surface area contributed by atoms with Gasteiger partial charge in [-0.3, -0.25) is 19.9 Å². The van der Waals surface area contributed by atoms with Gasteiger partial charge in [0.05, 0.1) is 18.2 Å². The molecule has 2 atom stereocenters. The first-order chi connectivity index (χ1) is 30.3. The molecule has 1 amide bonds. The number of aliphatic imine (C=N–C) groups is 2. The fourth-order valence-corrected chi connectivity index (χ4v) is 8.67. The summed E-state index contributed by atoms with van der Waals surface area (Å²) in [7, 11) is 0.